The van der Waals surface area contributed by atoms with Gasteiger partial charge >= 0.3 is 0 Å². The Kier molecular flexibility index (Phi) is 4.37. The Balaban J connectivity index is 2.09. The summed E-state index contributed by atoms with van der Waals surface area (Å²) in [4.78, 5) is 0. The summed E-state index contributed by atoms with van der Waals surface area (Å²) in [5.41, 5.74) is 1.05. The summed E-state index contributed by atoms with van der Waals surface area (Å²) in [7, 11) is -2.77. The highest BCUT2D eigenvalue weighted by Crippen LogP contribution is 2.45. The van der Waals surface area contributed by atoms with Gasteiger partial charge in [-0.25, -0.2) is 0 Å². The van der Waals surface area contributed by atoms with E-state index in [1.165, 1.54) is 0 Å². The maximum atomic E-state index is 13.7. The van der Waals surface area contributed by atoms with Gasteiger partial charge in [0.1, 0.15) is 0 Å². The zero-order valence-electron chi connectivity index (χ0n) is 12.2. The number of hydrogen-bond acceptors (Lipinski definition) is 1. The molecule has 3 aromatic rings. The van der Waals surface area contributed by atoms with Crippen molar-refractivity contribution in [2.45, 2.75) is 0 Å². The Morgan fingerprint density at radius 3 is 1.45 bits per heavy atom. The van der Waals surface area contributed by atoms with Gasteiger partial charge < -0.3 is 4.57 Å². The summed E-state index contributed by atoms with van der Waals surface area (Å²) in [5.74, 6) is 1.85. The molecule has 0 spiro atoms. The van der Waals surface area contributed by atoms with Crippen LogP contribution in [0.2, 0.25) is 0 Å². The van der Waals surface area contributed by atoms with Crippen molar-refractivity contribution in [3.63, 3.8) is 0 Å². The molecule has 0 atom stereocenters. The highest BCUT2D eigenvalue weighted by atomic mass is 31.2. The Bertz CT molecular complexity index is 749. The van der Waals surface area contributed by atoms with Gasteiger partial charge in [0.05, 0.1) is 0 Å². The molecular weight excluding hydrogens is 287 g/mol. The highest BCUT2D eigenvalue weighted by Gasteiger charge is 2.23. The quantitative estimate of drug-likeness (QED) is 0.640. The van der Waals surface area contributed by atoms with Crippen LogP contribution in [0.4, 0.5) is 0 Å². The van der Waals surface area contributed by atoms with Crippen molar-refractivity contribution in [2.24, 2.45) is 0 Å². The van der Waals surface area contributed by atoms with Crippen LogP contribution in [0.15, 0.2) is 96.8 Å². The first-order chi connectivity index (χ1) is 10.8. The Morgan fingerprint density at radius 2 is 1.00 bits per heavy atom. The van der Waals surface area contributed by atoms with Gasteiger partial charge in [-0.15, -0.1) is 0 Å². The van der Waals surface area contributed by atoms with Crippen LogP contribution in [-0.2, 0) is 4.57 Å². The molecule has 0 saturated heterocycles. The number of benzene rings is 3. The Labute approximate surface area is 131 Å². The molecular formula is C20H17OP. The molecule has 0 radical (unpaired) electrons. The van der Waals surface area contributed by atoms with Crippen LogP contribution < -0.4 is 10.6 Å². The van der Waals surface area contributed by atoms with E-state index in [2.05, 4.69) is 0 Å². The molecule has 2 heteroatoms. The van der Waals surface area contributed by atoms with Crippen molar-refractivity contribution in [3.8, 4) is 0 Å². The lowest BCUT2D eigenvalue weighted by Gasteiger charge is -2.15. The van der Waals surface area contributed by atoms with Crippen LogP contribution >= 0.6 is 7.14 Å². The van der Waals surface area contributed by atoms with Crippen molar-refractivity contribution in [1.82, 2.24) is 0 Å². The third-order valence-electron chi connectivity index (χ3n) is 3.56. The van der Waals surface area contributed by atoms with Gasteiger partial charge in [0, 0.05) is 10.6 Å². The van der Waals surface area contributed by atoms with Crippen molar-refractivity contribution in [3.05, 3.63) is 102 Å². The van der Waals surface area contributed by atoms with Crippen LogP contribution in [0.3, 0.4) is 0 Å². The first-order valence-electron chi connectivity index (χ1n) is 7.24. The van der Waals surface area contributed by atoms with Crippen LogP contribution in [0.5, 0.6) is 0 Å². The first kappa shape index (κ1) is 14.6. The van der Waals surface area contributed by atoms with Gasteiger partial charge in [-0.05, 0) is 11.4 Å². The molecule has 1 nitrogen and oxygen atoms in total. The van der Waals surface area contributed by atoms with Crippen molar-refractivity contribution < 1.29 is 4.57 Å². The van der Waals surface area contributed by atoms with E-state index < -0.39 is 7.14 Å². The monoisotopic (exact) mass is 304 g/mol. The third-order valence-corrected chi connectivity index (χ3v) is 6.26. The molecule has 0 N–H and O–H groups in total. The highest BCUT2D eigenvalue weighted by molar-refractivity contribution is 7.81. The molecule has 0 aliphatic carbocycles. The predicted octanol–water partition coefficient (Wildman–Crippen LogP) is 4.67. The molecule has 0 fully saturated rings. The summed E-state index contributed by atoms with van der Waals surface area (Å²) in [5, 5.41) is 1.71. The average molecular weight is 304 g/mol. The van der Waals surface area contributed by atoms with E-state index in [-0.39, 0.29) is 0 Å². The van der Waals surface area contributed by atoms with Crippen molar-refractivity contribution >= 4 is 23.8 Å². The van der Waals surface area contributed by atoms with E-state index in [9.17, 15) is 4.57 Å². The molecule has 0 amide bonds. The van der Waals surface area contributed by atoms with Crippen LogP contribution in [0, 0.1) is 0 Å². The average Bonchev–Trinajstić information content (AvgIpc) is 2.62. The largest absolute Gasteiger partial charge is 0.309 e. The van der Waals surface area contributed by atoms with Crippen LogP contribution in [0.25, 0.3) is 6.08 Å². The lowest BCUT2D eigenvalue weighted by Crippen LogP contribution is -2.13. The van der Waals surface area contributed by atoms with Crippen molar-refractivity contribution in [1.29, 1.82) is 0 Å². The third kappa shape index (κ3) is 3.10. The van der Waals surface area contributed by atoms with E-state index in [4.69, 9.17) is 0 Å². The molecule has 0 aliphatic rings. The van der Waals surface area contributed by atoms with E-state index >= 15 is 0 Å². The van der Waals surface area contributed by atoms with Gasteiger partial charge in [-0.3, -0.25) is 0 Å². The SMILES string of the molecule is O=P(/C=C\c1ccccc1)(c1ccccc1)c1ccccc1. The van der Waals surface area contributed by atoms with Gasteiger partial charge in [-0.2, -0.15) is 0 Å². The lowest BCUT2D eigenvalue weighted by atomic mass is 10.2. The molecule has 3 rings (SSSR count). The zero-order valence-corrected chi connectivity index (χ0v) is 13.1. The fourth-order valence-corrected chi connectivity index (χ4v) is 4.63. The number of hydrogen-bond donors (Lipinski definition) is 0. The molecule has 0 heterocycles. The second-order valence-corrected chi connectivity index (χ2v) is 7.70. The molecule has 0 bridgehead atoms. The minimum absolute atomic E-state index is 0.855. The van der Waals surface area contributed by atoms with Gasteiger partial charge in [0.2, 0.25) is 0 Å². The fraction of sp³-hybridized carbons (Fsp3) is 0. The molecule has 0 saturated carbocycles. The normalized spacial score (nSPS) is 11.6. The molecule has 0 unspecified atom stereocenters. The minimum Gasteiger partial charge on any atom is -0.309 e. The van der Waals surface area contributed by atoms with E-state index in [1.54, 1.807) is 0 Å². The number of rotatable bonds is 4. The maximum absolute atomic E-state index is 13.7. The summed E-state index contributed by atoms with van der Waals surface area (Å²) in [6.45, 7) is 0. The minimum atomic E-state index is -2.77. The predicted molar refractivity (Wildman–Crippen MR) is 95.2 cm³/mol. The van der Waals surface area contributed by atoms with Crippen LogP contribution in [-0.4, -0.2) is 0 Å². The van der Waals surface area contributed by atoms with E-state index in [0.717, 1.165) is 16.2 Å². The molecule has 3 aromatic carbocycles. The maximum Gasteiger partial charge on any atom is 0.164 e. The topological polar surface area (TPSA) is 17.1 Å². The van der Waals surface area contributed by atoms with E-state index in [0.29, 0.717) is 0 Å². The Hall–Kier alpha value is -2.37. The van der Waals surface area contributed by atoms with E-state index in [1.807, 2.05) is 103 Å². The summed E-state index contributed by atoms with van der Waals surface area (Å²) in [6, 6.07) is 29.3. The van der Waals surface area contributed by atoms with Gasteiger partial charge in [0.25, 0.3) is 0 Å². The first-order valence-corrected chi connectivity index (χ1v) is 9.02. The molecule has 0 aromatic heterocycles. The van der Waals surface area contributed by atoms with Gasteiger partial charge in [-0.1, -0.05) is 97.1 Å². The second kappa shape index (κ2) is 6.60. The lowest BCUT2D eigenvalue weighted by molar-refractivity contribution is 0.592. The van der Waals surface area contributed by atoms with Gasteiger partial charge in [0.15, 0.2) is 7.14 Å². The van der Waals surface area contributed by atoms with Crippen molar-refractivity contribution in [2.75, 3.05) is 0 Å². The summed E-state index contributed by atoms with van der Waals surface area (Å²) < 4.78 is 13.7. The standard InChI is InChI=1S/C20H17OP/c21-22(19-12-6-2-7-13-19,20-14-8-3-9-15-20)17-16-18-10-4-1-5-11-18/h1-17H/b17-16-. The molecule has 22 heavy (non-hydrogen) atoms. The summed E-state index contributed by atoms with van der Waals surface area (Å²) in [6.07, 6.45) is 1.95. The molecule has 0 aliphatic heterocycles. The Morgan fingerprint density at radius 1 is 0.591 bits per heavy atom. The molecule has 108 valence electrons. The van der Waals surface area contributed by atoms with Crippen LogP contribution in [0.1, 0.15) is 5.56 Å². The fourth-order valence-electron chi connectivity index (χ4n) is 2.38. The smallest absolute Gasteiger partial charge is 0.164 e. The zero-order chi connectivity index (χ0) is 15.3. The second-order valence-electron chi connectivity index (χ2n) is 5.06. The summed E-state index contributed by atoms with van der Waals surface area (Å²) >= 11 is 0.